The lowest BCUT2D eigenvalue weighted by molar-refractivity contribution is 0.843. The van der Waals surface area contributed by atoms with E-state index in [1.165, 1.54) is 51.4 Å². The molecule has 0 aliphatic carbocycles. The van der Waals surface area contributed by atoms with Crippen LogP contribution in [0, 0.1) is 0 Å². The lowest BCUT2D eigenvalue weighted by Gasteiger charge is -2.41. The van der Waals surface area contributed by atoms with Crippen LogP contribution in [0.2, 0.25) is 0 Å². The molecular formula is C36H82P4+4. The molecule has 0 aromatic heterocycles. The molecule has 0 heterocycles. The summed E-state index contributed by atoms with van der Waals surface area (Å²) in [5, 5.41) is 0. The third kappa shape index (κ3) is 11.9. The molecule has 0 aliphatic heterocycles. The quantitative estimate of drug-likeness (QED) is 0.0689. The Labute approximate surface area is 260 Å². The fraction of sp³-hybridized carbons (Fsp3) is 1.00. The minimum absolute atomic E-state index is 0.828. The second-order valence-corrected chi connectivity index (χ2v) is 34.8. The highest BCUT2D eigenvalue weighted by Gasteiger charge is 2.56. The fourth-order valence-corrected chi connectivity index (χ4v) is 40.7. The predicted octanol–water partition coefficient (Wildman–Crippen LogP) is 13.8. The van der Waals surface area contributed by atoms with Gasteiger partial charge in [-0.2, -0.15) is 0 Å². The molecule has 0 spiro atoms. The van der Waals surface area contributed by atoms with E-state index in [9.17, 15) is 0 Å². The van der Waals surface area contributed by atoms with Gasteiger partial charge in [0.05, 0.1) is 101 Å². The molecule has 0 aromatic rings. The molecular weight excluding hydrogens is 556 g/mol. The van der Waals surface area contributed by atoms with Crippen molar-refractivity contribution in [2.75, 3.05) is 61.1 Å². The van der Waals surface area contributed by atoms with E-state index >= 15 is 0 Å². The van der Waals surface area contributed by atoms with E-state index in [0.29, 0.717) is 0 Å². The number of unbranched alkanes of at least 4 members (excludes halogenated alkanes) is 1. The van der Waals surface area contributed by atoms with Crippen molar-refractivity contribution in [1.29, 1.82) is 0 Å². The van der Waals surface area contributed by atoms with Crippen molar-refractivity contribution in [1.82, 2.24) is 0 Å². The molecule has 0 radical (unpaired) electrons. The Morgan fingerprint density at radius 2 is 0.525 bits per heavy atom. The van der Waals surface area contributed by atoms with E-state index in [1.807, 2.05) is 0 Å². The fourth-order valence-electron chi connectivity index (χ4n) is 8.89. The van der Waals surface area contributed by atoms with Crippen LogP contribution in [0.4, 0.5) is 0 Å². The van der Waals surface area contributed by atoms with Gasteiger partial charge in [-0.25, -0.2) is 0 Å². The summed E-state index contributed by atoms with van der Waals surface area (Å²) in [5.41, 5.74) is 3.63. The van der Waals surface area contributed by atoms with E-state index in [2.05, 4.69) is 96.9 Å². The van der Waals surface area contributed by atoms with Crippen LogP contribution < -0.4 is 0 Å². The summed E-state index contributed by atoms with van der Waals surface area (Å²) in [5.74, 6) is 3.38. The average Bonchev–Trinajstić information content (AvgIpc) is 2.85. The lowest BCUT2D eigenvalue weighted by Crippen LogP contribution is -2.27. The average molecular weight is 639 g/mol. The zero-order chi connectivity index (χ0) is 31.0. The Balaban J connectivity index is 6.16. The van der Waals surface area contributed by atoms with Gasteiger partial charge in [0.2, 0.25) is 0 Å². The summed E-state index contributed by atoms with van der Waals surface area (Å²) >= 11 is 0. The maximum absolute atomic E-state index is 2.64. The Bertz CT molecular complexity index is 520. The minimum Gasteiger partial charge on any atom is -0.0619 e. The van der Waals surface area contributed by atoms with Crippen LogP contribution in [0.5, 0.6) is 0 Å². The van der Waals surface area contributed by atoms with Crippen LogP contribution in [0.25, 0.3) is 0 Å². The summed E-state index contributed by atoms with van der Waals surface area (Å²) in [6.45, 7) is 36.0. The van der Waals surface area contributed by atoms with E-state index in [-0.39, 0.29) is 0 Å². The summed E-state index contributed by atoms with van der Waals surface area (Å²) in [4.78, 5) is 0. The van der Waals surface area contributed by atoms with Crippen molar-refractivity contribution >= 4 is 29.0 Å². The van der Waals surface area contributed by atoms with Crippen molar-refractivity contribution in [3.05, 3.63) is 0 Å². The van der Waals surface area contributed by atoms with Gasteiger partial charge in [-0.1, -0.05) is 41.5 Å². The van der Waals surface area contributed by atoms with Crippen molar-refractivity contribution in [2.45, 2.75) is 171 Å². The molecule has 0 aromatic carbocycles. The SMILES string of the molecule is CCC[P+](CCC)(CCC)C[P+](CCCC[P+](C[P+](CCC)(CCC)CCC)(C(C)C)C(C)C)(C(C)C)C(C)C. The predicted molar refractivity (Wildman–Crippen MR) is 208 cm³/mol. The molecule has 0 saturated heterocycles. The molecule has 0 atom stereocenters. The zero-order valence-corrected chi connectivity index (χ0v) is 34.4. The molecule has 0 bridgehead atoms. The van der Waals surface area contributed by atoms with Gasteiger partial charge in [0.15, 0.2) is 11.8 Å². The normalized spacial score (nSPS) is 13.9. The first kappa shape index (κ1) is 41.7. The van der Waals surface area contributed by atoms with Crippen LogP contribution in [-0.2, 0) is 0 Å². The second-order valence-electron chi connectivity index (χ2n) is 15.0. The first-order chi connectivity index (χ1) is 18.8. The molecule has 40 heavy (non-hydrogen) atoms. The van der Waals surface area contributed by atoms with Crippen LogP contribution in [-0.4, -0.2) is 83.7 Å². The van der Waals surface area contributed by atoms with Crippen LogP contribution in [0.3, 0.4) is 0 Å². The molecule has 0 unspecified atom stereocenters. The monoisotopic (exact) mass is 639 g/mol. The van der Waals surface area contributed by atoms with Crippen molar-refractivity contribution in [3.8, 4) is 0 Å². The highest BCUT2D eigenvalue weighted by Crippen LogP contribution is 2.81. The van der Waals surface area contributed by atoms with E-state index in [4.69, 9.17) is 0 Å². The third-order valence-electron chi connectivity index (χ3n) is 10.8. The smallest absolute Gasteiger partial charge is 0.0619 e. The molecule has 242 valence electrons. The Morgan fingerprint density at radius 3 is 0.675 bits per heavy atom. The molecule has 0 aliphatic rings. The minimum atomic E-state index is -0.984. The summed E-state index contributed by atoms with van der Waals surface area (Å²) in [6, 6.07) is 0. The number of hydrogen-bond donors (Lipinski definition) is 0. The third-order valence-corrected chi connectivity index (χ3v) is 38.7. The molecule has 0 fully saturated rings. The Morgan fingerprint density at radius 1 is 0.325 bits per heavy atom. The maximum Gasteiger partial charge on any atom is 0.160 e. The second kappa shape index (κ2) is 20.7. The molecule has 0 nitrogen and oxygen atoms in total. The van der Waals surface area contributed by atoms with Gasteiger partial charge < -0.3 is 0 Å². The largest absolute Gasteiger partial charge is 0.160 e. The first-order valence-corrected chi connectivity index (χ1v) is 27.8. The van der Waals surface area contributed by atoms with Gasteiger partial charge in [-0.3, -0.25) is 0 Å². The maximum atomic E-state index is 2.64. The van der Waals surface area contributed by atoms with Gasteiger partial charge in [-0.15, -0.1) is 0 Å². The summed E-state index contributed by atoms with van der Waals surface area (Å²) < 4.78 is 0. The molecule has 0 amide bonds. The topological polar surface area (TPSA) is 0 Å². The highest BCUT2D eigenvalue weighted by atomic mass is 31.2. The lowest BCUT2D eigenvalue weighted by atomic mass is 10.4. The van der Waals surface area contributed by atoms with Crippen molar-refractivity contribution in [2.24, 2.45) is 0 Å². The standard InChI is InChI=1S/C36H82P4/c1-15-23-37(24-16-2,25-17-3)31-39(33(7)8,34(9)10)29-21-22-30-40(35(11)12,36(13)14)32-38(26-18-4,27-19-5)28-20-6/h33-36H,15-32H2,1-14H3/q+4. The Hall–Kier alpha value is 1.72. The van der Waals surface area contributed by atoms with Crippen LogP contribution >= 0.6 is 29.0 Å². The Kier molecular flexibility index (Phi) is 21.6. The van der Waals surface area contributed by atoms with Crippen molar-refractivity contribution in [3.63, 3.8) is 0 Å². The van der Waals surface area contributed by atoms with Crippen LogP contribution in [0.1, 0.15) is 148 Å². The van der Waals surface area contributed by atoms with E-state index in [0.717, 1.165) is 22.6 Å². The molecule has 0 saturated carbocycles. The van der Waals surface area contributed by atoms with E-state index in [1.54, 1.807) is 61.1 Å². The molecule has 0 rings (SSSR count). The van der Waals surface area contributed by atoms with E-state index < -0.39 is 29.0 Å². The number of rotatable bonds is 25. The van der Waals surface area contributed by atoms with Crippen molar-refractivity contribution < 1.29 is 0 Å². The molecule has 0 N–H and O–H groups in total. The van der Waals surface area contributed by atoms with Crippen LogP contribution in [0.15, 0.2) is 0 Å². The van der Waals surface area contributed by atoms with Gasteiger partial charge in [0.25, 0.3) is 0 Å². The zero-order valence-electron chi connectivity index (χ0n) is 30.8. The summed E-state index contributed by atoms with van der Waals surface area (Å²) in [7, 11) is -3.63. The molecule has 4 heteroatoms. The summed E-state index contributed by atoms with van der Waals surface area (Å²) in [6.07, 6.45) is 24.2. The van der Waals surface area contributed by atoms with Gasteiger partial charge in [0, 0.05) is 0 Å². The first-order valence-electron chi connectivity index (χ1n) is 18.2. The highest BCUT2D eigenvalue weighted by molar-refractivity contribution is 7.93. The number of hydrogen-bond acceptors (Lipinski definition) is 0. The van der Waals surface area contributed by atoms with Gasteiger partial charge in [0.1, 0.15) is 0 Å². The van der Waals surface area contributed by atoms with Gasteiger partial charge in [-0.05, 0) is 107 Å². The van der Waals surface area contributed by atoms with Gasteiger partial charge >= 0.3 is 0 Å².